The van der Waals surface area contributed by atoms with Crippen LogP contribution in [0.5, 0.6) is 0 Å². The number of nitrogens with zero attached hydrogens (tertiary/aromatic N) is 6. The van der Waals surface area contributed by atoms with Crippen LogP contribution in [0, 0.1) is 0 Å². The van der Waals surface area contributed by atoms with Crippen molar-refractivity contribution in [3.05, 3.63) is 0 Å². The Morgan fingerprint density at radius 1 is 0.276 bits per heavy atom. The summed E-state index contributed by atoms with van der Waals surface area (Å²) in [6.45, 7) is 14.4. The van der Waals surface area contributed by atoms with E-state index in [2.05, 4.69) is 71.7 Å². The van der Waals surface area contributed by atoms with Gasteiger partial charge in [-0.3, -0.25) is 0 Å². The first kappa shape index (κ1) is 40.1. The Hall–Kier alpha value is 0.679. The standard InChI is InChI=1S/2C9H21N3.2Mn.3H2O/c2*1-10-4-6-11(2)8-9-12(3)7-5-10;;;;;/h2*4-9H2,1-3H3;;;3*1H2/q;;2*+3;;;. The van der Waals surface area contributed by atoms with Crippen molar-refractivity contribution >= 4 is 0 Å². The van der Waals surface area contributed by atoms with Crippen molar-refractivity contribution in [2.24, 2.45) is 0 Å². The number of rotatable bonds is 0. The van der Waals surface area contributed by atoms with E-state index in [0.29, 0.717) is 0 Å². The molecular formula is C18H48Mn2N6O3+6. The second-order valence-electron chi connectivity index (χ2n) is 7.82. The van der Waals surface area contributed by atoms with E-state index in [9.17, 15) is 0 Å². The van der Waals surface area contributed by atoms with Gasteiger partial charge < -0.3 is 45.8 Å². The van der Waals surface area contributed by atoms with E-state index >= 15 is 0 Å². The van der Waals surface area contributed by atoms with Crippen LogP contribution in [0.2, 0.25) is 0 Å². The van der Waals surface area contributed by atoms with Crippen molar-refractivity contribution in [2.45, 2.75) is 0 Å². The molecule has 2 saturated heterocycles. The Labute approximate surface area is 200 Å². The predicted octanol–water partition coefficient (Wildman–Crippen LogP) is -2.89. The van der Waals surface area contributed by atoms with E-state index in [1.807, 2.05) is 0 Å². The van der Waals surface area contributed by atoms with Crippen LogP contribution in [-0.4, -0.2) is 167 Å². The van der Waals surface area contributed by atoms with Crippen molar-refractivity contribution < 1.29 is 50.6 Å². The van der Waals surface area contributed by atoms with Gasteiger partial charge in [-0.05, 0) is 42.3 Å². The van der Waals surface area contributed by atoms with Crippen LogP contribution in [0.1, 0.15) is 0 Å². The molecule has 2 aliphatic rings. The summed E-state index contributed by atoms with van der Waals surface area (Å²) in [5.74, 6) is 0. The van der Waals surface area contributed by atoms with Gasteiger partial charge >= 0.3 is 34.1 Å². The van der Waals surface area contributed by atoms with E-state index in [-0.39, 0.29) is 50.6 Å². The molecule has 11 heteroatoms. The molecule has 0 spiro atoms. The van der Waals surface area contributed by atoms with Gasteiger partial charge in [-0.1, -0.05) is 0 Å². The molecule has 0 atom stereocenters. The van der Waals surface area contributed by atoms with Crippen molar-refractivity contribution in [1.29, 1.82) is 0 Å². The molecule has 2 aliphatic heterocycles. The molecule has 0 radical (unpaired) electrons. The molecule has 2 heterocycles. The average molecular weight is 506 g/mol. The monoisotopic (exact) mass is 506 g/mol. The SMILES string of the molecule is CN1CCN(C)CCN(C)CC1.CN1CCN(C)CCN(C)CC1.O.O.O.[Mn+3].[Mn+3]. The third-order valence-electron chi connectivity index (χ3n) is 5.18. The summed E-state index contributed by atoms with van der Waals surface area (Å²) in [5.41, 5.74) is 0. The molecule has 2 fully saturated rings. The van der Waals surface area contributed by atoms with Crippen LogP contribution in [0.25, 0.3) is 0 Å². The normalized spacial score (nSPS) is 21.7. The Morgan fingerprint density at radius 3 is 0.414 bits per heavy atom. The van der Waals surface area contributed by atoms with Crippen molar-refractivity contribution in [3.8, 4) is 0 Å². The molecule has 6 N–H and O–H groups in total. The molecule has 0 aromatic heterocycles. The van der Waals surface area contributed by atoms with Gasteiger partial charge in [-0.15, -0.1) is 0 Å². The second-order valence-corrected chi connectivity index (χ2v) is 7.82. The fourth-order valence-electron chi connectivity index (χ4n) is 2.72. The maximum atomic E-state index is 2.40. The Bertz CT molecular complexity index is 236. The molecular weight excluding hydrogens is 458 g/mol. The van der Waals surface area contributed by atoms with Crippen LogP contribution >= 0.6 is 0 Å². The molecule has 0 aliphatic carbocycles. The van der Waals surface area contributed by atoms with Crippen LogP contribution < -0.4 is 0 Å². The molecule has 2 rings (SSSR count). The van der Waals surface area contributed by atoms with Crippen LogP contribution in [0.4, 0.5) is 0 Å². The summed E-state index contributed by atoms with van der Waals surface area (Å²) < 4.78 is 0. The van der Waals surface area contributed by atoms with E-state index in [4.69, 9.17) is 0 Å². The molecule has 29 heavy (non-hydrogen) atoms. The van der Waals surface area contributed by atoms with Gasteiger partial charge in [-0.25, -0.2) is 0 Å². The first-order valence-corrected chi connectivity index (χ1v) is 9.48. The zero-order chi connectivity index (χ0) is 17.9. The molecule has 0 aromatic carbocycles. The Morgan fingerprint density at radius 2 is 0.345 bits per heavy atom. The van der Waals surface area contributed by atoms with Gasteiger partial charge in [0, 0.05) is 78.5 Å². The maximum absolute atomic E-state index is 2.40. The van der Waals surface area contributed by atoms with Gasteiger partial charge in [0.2, 0.25) is 0 Å². The van der Waals surface area contributed by atoms with Crippen molar-refractivity contribution in [2.75, 3.05) is 121 Å². The molecule has 176 valence electrons. The summed E-state index contributed by atoms with van der Waals surface area (Å²) >= 11 is 0. The number of hydrogen-bond donors (Lipinski definition) is 0. The first-order valence-electron chi connectivity index (χ1n) is 9.48. The number of likely N-dealkylation sites (N-methyl/N-ethyl adjacent to an activating group) is 6. The fourth-order valence-corrected chi connectivity index (χ4v) is 2.72. The summed E-state index contributed by atoms with van der Waals surface area (Å²) in [5, 5.41) is 0. The maximum Gasteiger partial charge on any atom is 3.00 e. The average Bonchev–Trinajstić information content (AvgIpc) is 2.68. The van der Waals surface area contributed by atoms with Crippen molar-refractivity contribution in [1.82, 2.24) is 29.4 Å². The van der Waals surface area contributed by atoms with Gasteiger partial charge in [0.25, 0.3) is 0 Å². The minimum Gasteiger partial charge on any atom is -0.412 e. The van der Waals surface area contributed by atoms with E-state index in [1.54, 1.807) is 0 Å². The molecule has 0 amide bonds. The Kier molecular flexibility index (Phi) is 32.3. The third kappa shape index (κ3) is 21.7. The topological polar surface area (TPSA) is 114 Å². The summed E-state index contributed by atoms with van der Waals surface area (Å²) in [6.07, 6.45) is 0. The van der Waals surface area contributed by atoms with Crippen LogP contribution in [-0.2, 0) is 34.1 Å². The molecule has 0 aromatic rings. The van der Waals surface area contributed by atoms with Crippen LogP contribution in [0.15, 0.2) is 0 Å². The van der Waals surface area contributed by atoms with Gasteiger partial charge in [0.15, 0.2) is 0 Å². The summed E-state index contributed by atoms with van der Waals surface area (Å²) in [4.78, 5) is 14.4. The van der Waals surface area contributed by atoms with Gasteiger partial charge in [0.1, 0.15) is 0 Å². The molecule has 0 bridgehead atoms. The first-order chi connectivity index (χ1) is 11.4. The largest absolute Gasteiger partial charge is 3.00 e. The quantitative estimate of drug-likeness (QED) is 0.326. The van der Waals surface area contributed by atoms with Gasteiger partial charge in [-0.2, -0.15) is 0 Å². The fraction of sp³-hybridized carbons (Fsp3) is 1.00. The smallest absolute Gasteiger partial charge is 0.412 e. The molecule has 0 unspecified atom stereocenters. The Balaban J connectivity index is -0.000000113. The van der Waals surface area contributed by atoms with E-state index in [0.717, 1.165) is 0 Å². The zero-order valence-corrected chi connectivity index (χ0v) is 21.8. The number of hydrogen-bond acceptors (Lipinski definition) is 6. The minimum absolute atomic E-state index is 0. The second kappa shape index (κ2) is 23.3. The zero-order valence-electron chi connectivity index (χ0n) is 19.4. The minimum atomic E-state index is 0. The summed E-state index contributed by atoms with van der Waals surface area (Å²) in [6, 6.07) is 0. The third-order valence-corrected chi connectivity index (χ3v) is 5.18. The van der Waals surface area contributed by atoms with Gasteiger partial charge in [0.05, 0.1) is 0 Å². The van der Waals surface area contributed by atoms with Crippen molar-refractivity contribution in [3.63, 3.8) is 0 Å². The molecule has 0 saturated carbocycles. The van der Waals surface area contributed by atoms with Crippen LogP contribution in [0.3, 0.4) is 0 Å². The van der Waals surface area contributed by atoms with E-state index in [1.165, 1.54) is 78.5 Å². The van der Waals surface area contributed by atoms with E-state index < -0.39 is 0 Å². The predicted molar refractivity (Wildman–Crippen MR) is 116 cm³/mol. The summed E-state index contributed by atoms with van der Waals surface area (Å²) in [7, 11) is 13.2. The molecule has 9 nitrogen and oxygen atoms in total.